The van der Waals surface area contributed by atoms with Gasteiger partial charge in [0.15, 0.2) is 8.32 Å². The summed E-state index contributed by atoms with van der Waals surface area (Å²) in [5, 5.41) is 2.12. The van der Waals surface area contributed by atoms with Gasteiger partial charge in [0, 0.05) is 24.5 Å². The Hall–Kier alpha value is -4.69. The van der Waals surface area contributed by atoms with Crippen molar-refractivity contribution in [2.24, 2.45) is 5.92 Å². The number of carbonyl (C=O) groups is 2. The number of hydrogen-bond donors (Lipinski definition) is 1. The molecule has 0 bridgehead atoms. The van der Waals surface area contributed by atoms with Crippen LogP contribution in [0.1, 0.15) is 59.6 Å². The van der Waals surface area contributed by atoms with E-state index in [9.17, 15) is 84.2 Å². The predicted molar refractivity (Wildman–Crippen MR) is 207 cm³/mol. The average molecular weight is 1040 g/mol. The number of amides is 1. The van der Waals surface area contributed by atoms with Gasteiger partial charge in [-0.25, -0.2) is 18.4 Å². The van der Waals surface area contributed by atoms with Gasteiger partial charge in [-0.1, -0.05) is 65.0 Å². The topological polar surface area (TPSA) is 83.1 Å². The van der Waals surface area contributed by atoms with Crippen molar-refractivity contribution in [3.05, 3.63) is 84.0 Å². The quantitative estimate of drug-likeness (QED) is 0.0282. The Morgan fingerprint density at radius 1 is 0.706 bits per heavy atom. The van der Waals surface area contributed by atoms with Crippen LogP contribution in [0.3, 0.4) is 0 Å². The number of benzene rings is 2. The number of nitrogens with one attached hydrogen (secondary N) is 1. The summed E-state index contributed by atoms with van der Waals surface area (Å²) >= 11 is 0. The lowest BCUT2D eigenvalue weighted by atomic mass is 9.88. The van der Waals surface area contributed by atoms with Crippen LogP contribution in [0, 0.1) is 17.6 Å². The molecule has 0 fully saturated rings. The van der Waals surface area contributed by atoms with Gasteiger partial charge in [0.05, 0.1) is 12.3 Å². The van der Waals surface area contributed by atoms with E-state index in [4.69, 9.17) is 18.6 Å². The molecule has 0 spiro atoms. The first-order valence-electron chi connectivity index (χ1n) is 19.7. The zero-order valence-electron chi connectivity index (χ0n) is 36.4. The van der Waals surface area contributed by atoms with Crippen molar-refractivity contribution in [1.29, 1.82) is 0 Å². The minimum Gasteiger partial charge on any atom is -0.491 e. The molecule has 0 radical (unpaired) electrons. The molecule has 386 valence electrons. The fourth-order valence-electron chi connectivity index (χ4n) is 6.54. The van der Waals surface area contributed by atoms with E-state index >= 15 is 8.78 Å². The van der Waals surface area contributed by atoms with Gasteiger partial charge in [-0.3, -0.25) is 5.32 Å². The van der Waals surface area contributed by atoms with E-state index in [-0.39, 0.29) is 17.9 Å². The Bertz CT molecular complexity index is 2070. The van der Waals surface area contributed by atoms with Crippen molar-refractivity contribution in [3.8, 4) is 5.75 Å². The maximum Gasteiger partial charge on any atom is 0.460 e. The number of carbonyl (C=O) groups excluding carboxylic acids is 2. The molecule has 68 heavy (non-hydrogen) atoms. The SMILES string of the molecule is C=CCOC(=O)/C=C(\C)[C@H](C)[C@@H](OC(=O)Nc1ccc(F)cc1F)c1ccc(OCCO[Si](CCC(F)(F)C(F)(F)C(F)(F)C(F)(F)C(F)(F)C(F)(F)C(F)(F)C(F)(F)F)(C(C)C)C(C)C)cc1. The van der Waals surface area contributed by atoms with Gasteiger partial charge in [0.2, 0.25) is 0 Å². The molecule has 0 aliphatic rings. The molecule has 2 aromatic carbocycles. The van der Waals surface area contributed by atoms with Gasteiger partial charge < -0.3 is 18.6 Å². The molecule has 0 aliphatic heterocycles. The van der Waals surface area contributed by atoms with Crippen LogP contribution < -0.4 is 10.1 Å². The fourth-order valence-corrected chi connectivity index (χ4v) is 11.0. The Balaban J connectivity index is 2.34. The maximum atomic E-state index is 15.0. The zero-order chi connectivity index (χ0) is 52.9. The van der Waals surface area contributed by atoms with Gasteiger partial charge in [0.1, 0.15) is 36.7 Å². The Morgan fingerprint density at radius 3 is 1.68 bits per heavy atom. The van der Waals surface area contributed by atoms with Crippen LogP contribution in [0.25, 0.3) is 0 Å². The van der Waals surface area contributed by atoms with E-state index in [0.717, 1.165) is 18.2 Å². The molecule has 0 unspecified atom stereocenters. The highest BCUT2D eigenvalue weighted by Crippen LogP contribution is 2.64. The van der Waals surface area contributed by atoms with Crippen LogP contribution in [0.5, 0.6) is 5.75 Å². The van der Waals surface area contributed by atoms with Gasteiger partial charge in [0.25, 0.3) is 0 Å². The summed E-state index contributed by atoms with van der Waals surface area (Å²) in [6.07, 6.45) is -10.5. The van der Waals surface area contributed by atoms with Gasteiger partial charge >= 0.3 is 59.7 Å². The van der Waals surface area contributed by atoms with E-state index in [2.05, 4.69) is 11.9 Å². The van der Waals surface area contributed by atoms with Crippen molar-refractivity contribution in [2.75, 3.05) is 25.1 Å². The molecule has 0 aromatic heterocycles. The smallest absolute Gasteiger partial charge is 0.460 e. The van der Waals surface area contributed by atoms with Crippen molar-refractivity contribution >= 4 is 26.1 Å². The molecule has 2 aromatic rings. The lowest BCUT2D eigenvalue weighted by molar-refractivity contribution is -0.461. The second-order valence-corrected chi connectivity index (χ2v) is 20.9. The van der Waals surface area contributed by atoms with Crippen LogP contribution in [0.15, 0.2) is 66.8 Å². The number of ether oxygens (including phenoxy) is 3. The number of rotatable bonds is 24. The molecule has 0 saturated carbocycles. The summed E-state index contributed by atoms with van der Waals surface area (Å²) in [7, 11) is -4.07. The highest BCUT2D eigenvalue weighted by Gasteiger charge is 2.95. The molecule has 0 saturated heterocycles. The van der Waals surface area contributed by atoms with Crippen LogP contribution in [-0.4, -0.2) is 87.8 Å². The molecule has 7 nitrogen and oxygen atoms in total. The molecular weight excluding hydrogens is 992 g/mol. The average Bonchev–Trinajstić information content (AvgIpc) is 3.21. The molecule has 0 aliphatic carbocycles. The third-order valence-corrected chi connectivity index (χ3v) is 16.4. The lowest BCUT2D eigenvalue weighted by Crippen LogP contribution is -2.74. The summed E-state index contributed by atoms with van der Waals surface area (Å²) in [5.74, 6) is -60.7. The number of alkyl halides is 17. The monoisotopic (exact) mass is 1040 g/mol. The van der Waals surface area contributed by atoms with E-state index in [1.807, 2.05) is 0 Å². The third kappa shape index (κ3) is 12.0. The molecule has 1 amide bonds. The van der Waals surface area contributed by atoms with Crippen molar-refractivity contribution in [3.63, 3.8) is 0 Å². The van der Waals surface area contributed by atoms with Crippen molar-refractivity contribution in [2.45, 2.75) is 119 Å². The molecule has 0 heterocycles. The molecule has 2 rings (SSSR count). The van der Waals surface area contributed by atoms with Crippen molar-refractivity contribution in [1.82, 2.24) is 0 Å². The highest BCUT2D eigenvalue weighted by atomic mass is 28.4. The summed E-state index contributed by atoms with van der Waals surface area (Å²) in [6.45, 7) is 10.4. The van der Waals surface area contributed by atoms with Crippen molar-refractivity contribution < 1.29 is 112 Å². The minimum atomic E-state index is -8.72. The van der Waals surface area contributed by atoms with E-state index in [1.165, 1.54) is 71.9 Å². The third-order valence-electron chi connectivity index (χ3n) is 10.8. The van der Waals surface area contributed by atoms with Crippen LogP contribution in [0.2, 0.25) is 17.1 Å². The molecule has 27 heteroatoms. The van der Waals surface area contributed by atoms with E-state index in [1.54, 1.807) is 0 Å². The van der Waals surface area contributed by atoms with Crippen LogP contribution in [-0.2, 0) is 18.7 Å². The van der Waals surface area contributed by atoms with Crippen LogP contribution in [0.4, 0.5) is 93.9 Å². The predicted octanol–water partition coefficient (Wildman–Crippen LogP) is 14.1. The Kier molecular flexibility index (Phi) is 18.8. The lowest BCUT2D eigenvalue weighted by Gasteiger charge is -2.44. The number of anilines is 1. The van der Waals surface area contributed by atoms with Gasteiger partial charge in [-0.15, -0.1) is 0 Å². The Morgan fingerprint density at radius 2 is 1.21 bits per heavy atom. The van der Waals surface area contributed by atoms with E-state index in [0.29, 0.717) is 11.6 Å². The fraction of sp³-hybridized carbons (Fsp3) is 0.561. The summed E-state index contributed by atoms with van der Waals surface area (Å²) in [4.78, 5) is 25.1. The molecule has 2 atom stereocenters. The second kappa shape index (κ2) is 21.5. The van der Waals surface area contributed by atoms with E-state index < -0.39 is 134 Å². The van der Waals surface area contributed by atoms with Gasteiger partial charge in [-0.2, -0.15) is 74.6 Å². The van der Waals surface area contributed by atoms with Gasteiger partial charge in [-0.05, 0) is 53.9 Å². The first-order valence-corrected chi connectivity index (χ1v) is 22.0. The summed E-state index contributed by atoms with van der Waals surface area (Å²) < 4.78 is 286. The largest absolute Gasteiger partial charge is 0.491 e. The first-order chi connectivity index (χ1) is 30.7. The normalized spacial score (nSPS) is 15.0. The first kappa shape index (κ1) is 59.4. The Labute approximate surface area is 377 Å². The second-order valence-electron chi connectivity index (χ2n) is 15.8. The summed E-state index contributed by atoms with van der Waals surface area (Å²) in [6, 6.07) is 6.19. The minimum absolute atomic E-state index is 0.0212. The maximum absolute atomic E-state index is 15.0. The number of halogens is 19. The zero-order valence-corrected chi connectivity index (χ0v) is 37.4. The standard InChI is InChI=1S/C41H44F19NO6Si/c1-8-16-65-31(62)20-24(6)25(7)32(67-33(63)61-30-14-11-27(42)21-29(30)43)26-9-12-28(13-10-26)64-17-18-66-68(22(2)3,23(4)5)19-15-34(44,45)35(46,47)36(48,49)37(50,51)38(52,53)39(54,55)40(56,57)41(58,59)60/h8-14,20-23,25,32H,1,15-19H2,2-7H3,(H,61,63)/b24-20+/t25-,32+/m0/s1. The molecular formula is C41H44F19NO6Si. The summed E-state index contributed by atoms with van der Waals surface area (Å²) in [5.41, 5.74) is -1.77. The number of hydrogen-bond acceptors (Lipinski definition) is 6. The highest BCUT2D eigenvalue weighted by molar-refractivity contribution is 6.76. The number of esters is 1. The van der Waals surface area contributed by atoms with Crippen LogP contribution >= 0.6 is 0 Å². The molecule has 1 N–H and O–H groups in total.